The summed E-state index contributed by atoms with van der Waals surface area (Å²) in [7, 11) is -1.83. The standard InChI is InChI=1S/C36H39N3O7S/c1-6-37-29-17-31-27(15-21(29)2)33(24-9-7-8-10-25(24)35(42)43)28-16-26-23(19-36(3,4)38(5)30(26)18-32(28)46-31)20-47(44,45)39-13-11-22(12-14-39)34(40)41/h7-10,15-19,22H,6,11-14,20H2,1-5H3,(H,40,41)(H,42,43). The highest BCUT2D eigenvalue weighted by atomic mass is 32.2. The summed E-state index contributed by atoms with van der Waals surface area (Å²) in [5, 5.41) is 21.1. The van der Waals surface area contributed by atoms with Crippen LogP contribution in [0, 0.1) is 12.8 Å². The lowest BCUT2D eigenvalue weighted by molar-refractivity contribution is -0.142. The topological polar surface area (TPSA) is 141 Å². The molecule has 0 spiro atoms. The van der Waals surface area contributed by atoms with Crippen LogP contribution in [0.3, 0.4) is 0 Å². The molecule has 1 fully saturated rings. The summed E-state index contributed by atoms with van der Waals surface area (Å²) in [6.45, 7) is 8.86. The van der Waals surface area contributed by atoms with Crippen molar-refractivity contribution in [2.75, 3.05) is 37.3 Å². The number of sulfonamides is 1. The molecule has 2 aromatic carbocycles. The van der Waals surface area contributed by atoms with E-state index in [1.54, 1.807) is 24.3 Å². The van der Waals surface area contributed by atoms with Crippen LogP contribution in [-0.2, 0) is 14.8 Å². The number of carbonyl (C=O) groups is 2. The molecular weight excluding hydrogens is 618 g/mol. The number of rotatable bonds is 7. The molecule has 6 rings (SSSR count). The molecule has 4 aliphatic rings. The van der Waals surface area contributed by atoms with Gasteiger partial charge < -0.3 is 19.5 Å². The van der Waals surface area contributed by atoms with Crippen LogP contribution in [0.4, 0.5) is 5.69 Å². The number of hydrogen-bond acceptors (Lipinski definition) is 7. The predicted octanol–water partition coefficient (Wildman–Crippen LogP) is 5.87. The fourth-order valence-electron chi connectivity index (χ4n) is 6.82. The number of carboxylic acid groups (broad SMARTS) is 2. The number of aliphatic carboxylic acids is 1. The van der Waals surface area contributed by atoms with Crippen molar-refractivity contribution in [2.24, 2.45) is 10.9 Å². The quantitative estimate of drug-likeness (QED) is 0.235. The van der Waals surface area contributed by atoms with Crippen LogP contribution in [0.5, 0.6) is 0 Å². The van der Waals surface area contributed by atoms with Gasteiger partial charge in [0.2, 0.25) is 10.0 Å². The van der Waals surface area contributed by atoms with E-state index in [2.05, 4.69) is 9.89 Å². The highest BCUT2D eigenvalue weighted by Crippen LogP contribution is 2.47. The third-order valence-electron chi connectivity index (χ3n) is 9.54. The van der Waals surface area contributed by atoms with Crippen LogP contribution < -0.4 is 10.3 Å². The number of likely N-dealkylation sites (N-methyl/N-ethyl adjacent to an activating group) is 1. The number of aryl methyl sites for hydroxylation is 1. The van der Waals surface area contributed by atoms with Crippen molar-refractivity contribution in [1.82, 2.24) is 4.31 Å². The van der Waals surface area contributed by atoms with Crippen molar-refractivity contribution in [3.05, 3.63) is 76.7 Å². The van der Waals surface area contributed by atoms with Crippen LogP contribution >= 0.6 is 0 Å². The van der Waals surface area contributed by atoms with Crippen LogP contribution in [0.1, 0.15) is 55.1 Å². The van der Waals surface area contributed by atoms with Crippen LogP contribution in [-0.4, -0.2) is 72.8 Å². The minimum absolute atomic E-state index is 0.139. The van der Waals surface area contributed by atoms with E-state index in [1.807, 2.05) is 65.1 Å². The average molecular weight is 658 g/mol. The maximum atomic E-state index is 13.8. The Hall–Kier alpha value is -4.48. The molecule has 0 saturated carbocycles. The number of hydrogen-bond donors (Lipinski definition) is 2. The number of nitrogens with zero attached hydrogens (tertiary/aromatic N) is 3. The molecular formula is C36H39N3O7S. The first-order valence-corrected chi connectivity index (χ1v) is 17.4. The Balaban J connectivity index is 1.59. The van der Waals surface area contributed by atoms with Gasteiger partial charge in [0.15, 0.2) is 0 Å². The molecule has 2 aromatic rings. The summed E-state index contributed by atoms with van der Waals surface area (Å²) >= 11 is 0. The molecule has 0 atom stereocenters. The number of piperidine rings is 1. The Morgan fingerprint density at radius 3 is 2.38 bits per heavy atom. The maximum Gasteiger partial charge on any atom is 0.336 e. The molecule has 0 aromatic heterocycles. The normalized spacial score (nSPS) is 17.6. The minimum Gasteiger partial charge on any atom is -0.481 e. The Morgan fingerprint density at radius 1 is 1.02 bits per heavy atom. The number of fused-ring (bicyclic) bond motifs is 3. The number of aromatic carboxylic acids is 1. The molecule has 2 N–H and O–H groups in total. The van der Waals surface area contributed by atoms with E-state index in [-0.39, 0.29) is 37.2 Å². The Bertz CT molecular complexity index is 2100. The lowest BCUT2D eigenvalue weighted by Gasteiger charge is -2.41. The van der Waals surface area contributed by atoms with Gasteiger partial charge in [-0.1, -0.05) is 24.3 Å². The van der Waals surface area contributed by atoms with Crippen molar-refractivity contribution in [3.63, 3.8) is 0 Å². The Labute approximate surface area is 274 Å². The SMILES string of the molecule is CCN=c1cc2oc3cc4c(cc3c(-c3ccccc3C(=O)O)c-2cc1C)C(CS(=O)(=O)N1CCC(C(=O)O)CC1)=CC(C)(C)N4C. The van der Waals surface area contributed by atoms with Crippen molar-refractivity contribution in [1.29, 1.82) is 0 Å². The minimum atomic E-state index is -3.78. The molecule has 3 heterocycles. The number of anilines is 1. The van der Waals surface area contributed by atoms with Gasteiger partial charge in [-0.25, -0.2) is 17.5 Å². The molecule has 47 heavy (non-hydrogen) atoms. The van der Waals surface area contributed by atoms with Gasteiger partial charge >= 0.3 is 11.9 Å². The van der Waals surface area contributed by atoms with Crippen molar-refractivity contribution in [3.8, 4) is 22.5 Å². The number of benzene rings is 3. The average Bonchev–Trinajstić information content (AvgIpc) is 3.02. The molecule has 3 aliphatic heterocycles. The van der Waals surface area contributed by atoms with Crippen molar-refractivity contribution < 1.29 is 32.6 Å². The Kier molecular flexibility index (Phi) is 8.26. The van der Waals surface area contributed by atoms with E-state index in [0.717, 1.165) is 22.2 Å². The molecule has 246 valence electrons. The second-order valence-electron chi connectivity index (χ2n) is 13.0. The first-order chi connectivity index (χ1) is 22.2. The lowest BCUT2D eigenvalue weighted by Crippen LogP contribution is -2.44. The summed E-state index contributed by atoms with van der Waals surface area (Å²) in [6.07, 6.45) is 2.52. The van der Waals surface area contributed by atoms with E-state index in [0.29, 0.717) is 45.5 Å². The first kappa shape index (κ1) is 32.5. The molecule has 11 heteroatoms. The van der Waals surface area contributed by atoms with Gasteiger partial charge in [-0.15, -0.1) is 0 Å². The third kappa shape index (κ3) is 5.82. The summed E-state index contributed by atoms with van der Waals surface area (Å²) in [5.41, 5.74) is 5.09. The van der Waals surface area contributed by atoms with E-state index in [4.69, 9.17) is 4.42 Å². The van der Waals surface area contributed by atoms with Crippen molar-refractivity contribution in [2.45, 2.75) is 46.1 Å². The zero-order valence-corrected chi connectivity index (χ0v) is 28.0. The summed E-state index contributed by atoms with van der Waals surface area (Å²) in [4.78, 5) is 30.7. The van der Waals surface area contributed by atoms with E-state index < -0.39 is 33.4 Å². The van der Waals surface area contributed by atoms with Gasteiger partial charge in [-0.3, -0.25) is 9.79 Å². The highest BCUT2D eigenvalue weighted by molar-refractivity contribution is 7.89. The second-order valence-corrected chi connectivity index (χ2v) is 14.9. The lowest BCUT2D eigenvalue weighted by atomic mass is 9.85. The summed E-state index contributed by atoms with van der Waals surface area (Å²) < 4.78 is 35.6. The van der Waals surface area contributed by atoms with Gasteiger partial charge in [0.05, 0.1) is 28.1 Å². The first-order valence-electron chi connectivity index (χ1n) is 15.8. The largest absolute Gasteiger partial charge is 0.481 e. The monoisotopic (exact) mass is 657 g/mol. The second kappa shape index (κ2) is 12.0. The van der Waals surface area contributed by atoms with Crippen LogP contribution in [0.2, 0.25) is 0 Å². The molecule has 10 nitrogen and oxygen atoms in total. The fraction of sp³-hybridized carbons (Fsp3) is 0.361. The fourth-order valence-corrected chi connectivity index (χ4v) is 8.40. The molecule has 0 bridgehead atoms. The molecule has 0 radical (unpaired) electrons. The number of carboxylic acids is 2. The summed E-state index contributed by atoms with van der Waals surface area (Å²) in [5.74, 6) is -2.20. The summed E-state index contributed by atoms with van der Waals surface area (Å²) in [6, 6.07) is 14.5. The predicted molar refractivity (Wildman–Crippen MR) is 182 cm³/mol. The zero-order valence-electron chi connectivity index (χ0n) is 27.2. The van der Waals surface area contributed by atoms with E-state index in [1.165, 1.54) is 4.31 Å². The van der Waals surface area contributed by atoms with E-state index >= 15 is 0 Å². The van der Waals surface area contributed by atoms with Crippen LogP contribution in [0.15, 0.2) is 64.0 Å². The molecule has 0 unspecified atom stereocenters. The third-order valence-corrected chi connectivity index (χ3v) is 11.4. The van der Waals surface area contributed by atoms with Gasteiger partial charge in [0, 0.05) is 66.6 Å². The van der Waals surface area contributed by atoms with Gasteiger partial charge in [0.1, 0.15) is 11.3 Å². The maximum absolute atomic E-state index is 13.8. The molecule has 0 amide bonds. The van der Waals surface area contributed by atoms with Crippen LogP contribution in [0.25, 0.3) is 39.0 Å². The van der Waals surface area contributed by atoms with E-state index in [9.17, 15) is 28.2 Å². The van der Waals surface area contributed by atoms with Crippen molar-refractivity contribution >= 4 is 44.2 Å². The Morgan fingerprint density at radius 2 is 1.72 bits per heavy atom. The van der Waals surface area contributed by atoms with Gasteiger partial charge in [-0.05, 0) is 75.4 Å². The molecule has 1 aliphatic carbocycles. The molecule has 1 saturated heterocycles. The zero-order chi connectivity index (χ0) is 33.8. The van der Waals surface area contributed by atoms with Gasteiger partial charge in [-0.2, -0.15) is 0 Å². The van der Waals surface area contributed by atoms with Gasteiger partial charge in [0.25, 0.3) is 0 Å². The smallest absolute Gasteiger partial charge is 0.336 e. The highest BCUT2D eigenvalue weighted by Gasteiger charge is 2.36.